The van der Waals surface area contributed by atoms with Crippen molar-refractivity contribution in [3.8, 4) is 5.75 Å². The highest BCUT2D eigenvalue weighted by molar-refractivity contribution is 5.88. The lowest BCUT2D eigenvalue weighted by molar-refractivity contribution is -0.141. The molecule has 0 fully saturated rings. The van der Waals surface area contributed by atoms with Crippen LogP contribution in [0.3, 0.4) is 0 Å². The molecule has 1 unspecified atom stereocenters. The quantitative estimate of drug-likeness (QED) is 0.122. The van der Waals surface area contributed by atoms with Crippen molar-refractivity contribution in [3.05, 3.63) is 127 Å². The molecule has 0 saturated heterocycles. The van der Waals surface area contributed by atoms with Gasteiger partial charge in [-0.25, -0.2) is 9.59 Å². The van der Waals surface area contributed by atoms with Gasteiger partial charge in [0, 0.05) is 18.6 Å². The predicted molar refractivity (Wildman–Crippen MR) is 143 cm³/mol. The Hall–Kier alpha value is -4.38. The molecule has 0 amide bonds. The molecule has 3 rings (SSSR count). The third kappa shape index (κ3) is 8.44. The van der Waals surface area contributed by atoms with Gasteiger partial charge in [-0.2, -0.15) is 0 Å². The topological polar surface area (TPSA) is 61.8 Å². The third-order valence-electron chi connectivity index (χ3n) is 5.44. The Balaban J connectivity index is 1.50. The normalized spacial score (nSPS) is 14.9. The SMILES string of the molecule is C=CC(=C)OCCc1ccc(/C=C/C(=O)Oc2ccc(C3=CCCC(OC(=O)C=C)C=C3)cc2)cc1. The van der Waals surface area contributed by atoms with E-state index in [1.165, 1.54) is 12.2 Å². The first-order valence-corrected chi connectivity index (χ1v) is 11.7. The third-order valence-corrected chi connectivity index (χ3v) is 5.44. The zero-order valence-electron chi connectivity index (χ0n) is 20.2. The lowest BCUT2D eigenvalue weighted by Crippen LogP contribution is -2.13. The van der Waals surface area contributed by atoms with Gasteiger partial charge >= 0.3 is 11.9 Å². The Labute approximate surface area is 212 Å². The molecule has 0 radical (unpaired) electrons. The molecular formula is C31H30O5. The summed E-state index contributed by atoms with van der Waals surface area (Å²) in [6, 6.07) is 15.2. The summed E-state index contributed by atoms with van der Waals surface area (Å²) in [6.45, 7) is 11.3. The molecule has 2 aromatic carbocycles. The predicted octanol–water partition coefficient (Wildman–Crippen LogP) is 6.40. The van der Waals surface area contributed by atoms with Crippen LogP contribution in [0.25, 0.3) is 11.6 Å². The minimum absolute atomic E-state index is 0.274. The van der Waals surface area contributed by atoms with Crippen LogP contribution in [-0.4, -0.2) is 24.6 Å². The molecule has 0 saturated carbocycles. The van der Waals surface area contributed by atoms with Gasteiger partial charge in [-0.3, -0.25) is 0 Å². The Morgan fingerprint density at radius 2 is 1.72 bits per heavy atom. The molecule has 0 aromatic heterocycles. The van der Waals surface area contributed by atoms with Crippen molar-refractivity contribution in [2.24, 2.45) is 0 Å². The van der Waals surface area contributed by atoms with Gasteiger partial charge in [0.2, 0.25) is 0 Å². The standard InChI is InChI=1S/C31H30O5/c1-4-23(3)34-22-21-25-11-9-24(10-12-25)13-20-31(33)36-29-18-15-27(16-19-29)26-7-6-8-28(17-14-26)35-30(32)5-2/h4-5,7,9-20,28H,1-3,6,8,21-22H2/b20-13+. The fourth-order valence-corrected chi connectivity index (χ4v) is 3.47. The van der Waals surface area contributed by atoms with Crippen LogP contribution in [0.4, 0.5) is 0 Å². The minimum Gasteiger partial charge on any atom is -0.494 e. The van der Waals surface area contributed by atoms with Gasteiger partial charge in [-0.05, 0) is 65.5 Å². The van der Waals surface area contributed by atoms with Gasteiger partial charge in [-0.15, -0.1) is 0 Å². The van der Waals surface area contributed by atoms with Crippen LogP contribution >= 0.6 is 0 Å². The largest absolute Gasteiger partial charge is 0.494 e. The number of hydrogen-bond acceptors (Lipinski definition) is 5. The van der Waals surface area contributed by atoms with Gasteiger partial charge in [0.05, 0.1) is 6.61 Å². The number of allylic oxidation sites excluding steroid dienone is 4. The summed E-state index contributed by atoms with van der Waals surface area (Å²) in [5, 5.41) is 0. The van der Waals surface area contributed by atoms with Crippen LogP contribution in [0.1, 0.15) is 29.5 Å². The first-order chi connectivity index (χ1) is 17.5. The Morgan fingerprint density at radius 1 is 0.972 bits per heavy atom. The van der Waals surface area contributed by atoms with Crippen LogP contribution in [0, 0.1) is 0 Å². The maximum atomic E-state index is 12.3. The maximum Gasteiger partial charge on any atom is 0.336 e. The average molecular weight is 483 g/mol. The van der Waals surface area contributed by atoms with E-state index in [4.69, 9.17) is 14.2 Å². The highest BCUT2D eigenvalue weighted by Crippen LogP contribution is 2.24. The van der Waals surface area contributed by atoms with Crippen LogP contribution in [0.5, 0.6) is 5.75 Å². The molecule has 1 aliphatic carbocycles. The van der Waals surface area contributed by atoms with Crippen LogP contribution in [-0.2, 0) is 25.5 Å². The highest BCUT2D eigenvalue weighted by Gasteiger charge is 2.12. The summed E-state index contributed by atoms with van der Waals surface area (Å²) in [5.41, 5.74) is 4.02. The second-order valence-corrected chi connectivity index (χ2v) is 8.06. The number of carbonyl (C=O) groups is 2. The van der Waals surface area contributed by atoms with E-state index in [0.717, 1.165) is 35.1 Å². The molecule has 0 aliphatic heterocycles. The summed E-state index contributed by atoms with van der Waals surface area (Å²) >= 11 is 0. The summed E-state index contributed by atoms with van der Waals surface area (Å²) in [6.07, 6.45) is 13.7. The van der Waals surface area contributed by atoms with Crippen LogP contribution < -0.4 is 4.74 Å². The fraction of sp³-hybridized carbons (Fsp3) is 0.161. The van der Waals surface area contributed by atoms with E-state index in [-0.39, 0.29) is 6.10 Å². The molecule has 2 aromatic rings. The van der Waals surface area contributed by atoms with Gasteiger partial charge in [0.25, 0.3) is 0 Å². The van der Waals surface area contributed by atoms with E-state index in [1.807, 2.05) is 48.6 Å². The molecule has 5 heteroatoms. The van der Waals surface area contributed by atoms with Crippen molar-refractivity contribution in [3.63, 3.8) is 0 Å². The van der Waals surface area contributed by atoms with E-state index in [9.17, 15) is 9.59 Å². The zero-order valence-corrected chi connectivity index (χ0v) is 20.2. The monoisotopic (exact) mass is 482 g/mol. The number of benzene rings is 2. The summed E-state index contributed by atoms with van der Waals surface area (Å²) in [7, 11) is 0. The molecule has 0 heterocycles. The number of carbonyl (C=O) groups excluding carboxylic acids is 2. The fourth-order valence-electron chi connectivity index (χ4n) is 3.47. The second kappa shape index (κ2) is 13.5. The molecule has 1 atom stereocenters. The minimum atomic E-state index is -0.455. The van der Waals surface area contributed by atoms with Crippen molar-refractivity contribution in [2.75, 3.05) is 6.61 Å². The molecule has 0 bridgehead atoms. The molecular weight excluding hydrogens is 452 g/mol. The highest BCUT2D eigenvalue weighted by atomic mass is 16.5. The first-order valence-electron chi connectivity index (χ1n) is 11.7. The van der Waals surface area contributed by atoms with E-state index in [2.05, 4.69) is 25.8 Å². The molecule has 5 nitrogen and oxygen atoms in total. The Bertz CT molecular complexity index is 1180. The second-order valence-electron chi connectivity index (χ2n) is 8.06. The van der Waals surface area contributed by atoms with E-state index >= 15 is 0 Å². The Morgan fingerprint density at radius 3 is 2.42 bits per heavy atom. The number of hydrogen-bond donors (Lipinski definition) is 0. The smallest absolute Gasteiger partial charge is 0.336 e. The van der Waals surface area contributed by atoms with Crippen LogP contribution in [0.15, 0.2) is 110 Å². The summed E-state index contributed by atoms with van der Waals surface area (Å²) < 4.78 is 16.1. The number of ether oxygens (including phenoxy) is 3. The van der Waals surface area contributed by atoms with Gasteiger partial charge in [-0.1, -0.05) is 68.3 Å². The number of esters is 2. The van der Waals surface area contributed by atoms with Crippen molar-refractivity contribution in [2.45, 2.75) is 25.4 Å². The van der Waals surface area contributed by atoms with Crippen molar-refractivity contribution in [1.29, 1.82) is 0 Å². The van der Waals surface area contributed by atoms with E-state index < -0.39 is 11.9 Å². The van der Waals surface area contributed by atoms with Gasteiger partial charge in [0.1, 0.15) is 17.6 Å². The molecule has 184 valence electrons. The Kier molecular flexibility index (Phi) is 9.83. The van der Waals surface area contributed by atoms with Gasteiger partial charge in [0.15, 0.2) is 0 Å². The first kappa shape index (κ1) is 26.2. The molecule has 36 heavy (non-hydrogen) atoms. The zero-order chi connectivity index (χ0) is 25.8. The lowest BCUT2D eigenvalue weighted by Gasteiger charge is -2.10. The van der Waals surface area contributed by atoms with Gasteiger partial charge < -0.3 is 14.2 Å². The van der Waals surface area contributed by atoms with E-state index in [0.29, 0.717) is 24.5 Å². The molecule has 1 aliphatic rings. The van der Waals surface area contributed by atoms with Crippen molar-refractivity contribution >= 4 is 23.6 Å². The van der Waals surface area contributed by atoms with Crippen LogP contribution in [0.2, 0.25) is 0 Å². The molecule has 0 N–H and O–H groups in total. The summed E-state index contributed by atoms with van der Waals surface area (Å²) in [5.74, 6) is 0.134. The number of rotatable bonds is 11. The van der Waals surface area contributed by atoms with E-state index in [1.54, 1.807) is 24.3 Å². The lowest BCUT2D eigenvalue weighted by atomic mass is 10.0. The van der Waals surface area contributed by atoms with Crippen molar-refractivity contribution in [1.82, 2.24) is 0 Å². The maximum absolute atomic E-state index is 12.3. The average Bonchev–Trinajstić information content (AvgIpc) is 3.14. The van der Waals surface area contributed by atoms with Crippen molar-refractivity contribution < 1.29 is 23.8 Å². The summed E-state index contributed by atoms with van der Waals surface area (Å²) in [4.78, 5) is 23.7. The molecule has 0 spiro atoms.